The molecular formula is C8H5Cl2NO3. The molecule has 1 aromatic carbocycles. The molecule has 0 saturated carbocycles. The van der Waals surface area contributed by atoms with E-state index in [1.165, 1.54) is 18.2 Å². The van der Waals surface area contributed by atoms with Crippen molar-refractivity contribution in [1.29, 1.82) is 0 Å². The van der Waals surface area contributed by atoms with Gasteiger partial charge in [0.15, 0.2) is 0 Å². The molecule has 1 amide bonds. The van der Waals surface area contributed by atoms with Gasteiger partial charge in [-0.15, -0.1) is 0 Å². The van der Waals surface area contributed by atoms with E-state index in [4.69, 9.17) is 28.3 Å². The van der Waals surface area contributed by atoms with Crippen LogP contribution in [-0.4, -0.2) is 17.0 Å². The van der Waals surface area contributed by atoms with Crippen LogP contribution in [0.4, 0.5) is 5.69 Å². The molecule has 0 unspecified atom stereocenters. The average Bonchev–Trinajstić information content (AvgIpc) is 2.09. The van der Waals surface area contributed by atoms with Gasteiger partial charge in [-0.1, -0.05) is 23.2 Å². The fraction of sp³-hybridized carbons (Fsp3) is 0. The molecule has 1 aromatic rings. The number of nitrogens with one attached hydrogen (secondary N) is 1. The molecule has 0 saturated heterocycles. The van der Waals surface area contributed by atoms with Crippen LogP contribution in [0.5, 0.6) is 0 Å². The zero-order valence-electron chi connectivity index (χ0n) is 6.75. The van der Waals surface area contributed by atoms with Crippen LogP contribution in [0.15, 0.2) is 18.2 Å². The molecular weight excluding hydrogens is 229 g/mol. The molecule has 4 nitrogen and oxygen atoms in total. The summed E-state index contributed by atoms with van der Waals surface area (Å²) in [5, 5.41) is 11.0. The number of anilines is 1. The summed E-state index contributed by atoms with van der Waals surface area (Å²) < 4.78 is 0. The molecule has 0 spiro atoms. The van der Waals surface area contributed by atoms with Crippen molar-refractivity contribution in [3.8, 4) is 0 Å². The number of halogens is 2. The number of carbonyl (C=O) groups is 2. The summed E-state index contributed by atoms with van der Waals surface area (Å²) in [5.41, 5.74) is 0.212. The van der Waals surface area contributed by atoms with Crippen molar-refractivity contribution >= 4 is 40.8 Å². The van der Waals surface area contributed by atoms with Crippen LogP contribution >= 0.6 is 23.2 Å². The van der Waals surface area contributed by atoms with Crippen molar-refractivity contribution in [2.75, 3.05) is 5.32 Å². The number of aliphatic carboxylic acids is 1. The van der Waals surface area contributed by atoms with Crippen molar-refractivity contribution in [3.05, 3.63) is 28.2 Å². The van der Waals surface area contributed by atoms with E-state index in [1.54, 1.807) is 0 Å². The summed E-state index contributed by atoms with van der Waals surface area (Å²) in [5.74, 6) is -2.72. The van der Waals surface area contributed by atoms with Crippen LogP contribution in [0.3, 0.4) is 0 Å². The largest absolute Gasteiger partial charge is 0.474 e. The first-order valence-corrected chi connectivity index (χ1v) is 4.25. The van der Waals surface area contributed by atoms with Crippen molar-refractivity contribution in [2.45, 2.75) is 0 Å². The van der Waals surface area contributed by atoms with Crippen molar-refractivity contribution in [1.82, 2.24) is 0 Å². The second kappa shape index (κ2) is 4.30. The predicted octanol–water partition coefficient (Wildman–Crippen LogP) is 2.02. The fourth-order valence-electron chi connectivity index (χ4n) is 0.767. The van der Waals surface area contributed by atoms with Crippen LogP contribution in [0.2, 0.25) is 10.0 Å². The normalized spacial score (nSPS) is 9.57. The van der Waals surface area contributed by atoms with Crippen LogP contribution in [0.1, 0.15) is 0 Å². The van der Waals surface area contributed by atoms with Gasteiger partial charge >= 0.3 is 11.9 Å². The first-order valence-electron chi connectivity index (χ1n) is 3.50. The zero-order chi connectivity index (χ0) is 10.7. The van der Waals surface area contributed by atoms with Crippen molar-refractivity contribution in [2.24, 2.45) is 0 Å². The van der Waals surface area contributed by atoms with E-state index in [2.05, 4.69) is 5.32 Å². The lowest BCUT2D eigenvalue weighted by atomic mass is 10.3. The lowest BCUT2D eigenvalue weighted by molar-refractivity contribution is -0.147. The SMILES string of the molecule is O=C(O)C(=O)Nc1ccc(Cl)cc1Cl. The number of benzene rings is 1. The van der Waals surface area contributed by atoms with Gasteiger partial charge in [0.05, 0.1) is 10.7 Å². The van der Waals surface area contributed by atoms with Crippen LogP contribution in [0.25, 0.3) is 0 Å². The summed E-state index contributed by atoms with van der Waals surface area (Å²) >= 11 is 11.3. The Balaban J connectivity index is 2.87. The summed E-state index contributed by atoms with van der Waals surface area (Å²) in [6.45, 7) is 0. The van der Waals surface area contributed by atoms with Gasteiger partial charge in [-0.2, -0.15) is 0 Å². The Bertz CT molecular complexity index is 392. The van der Waals surface area contributed by atoms with E-state index in [1.807, 2.05) is 0 Å². The quantitative estimate of drug-likeness (QED) is 0.730. The maximum Gasteiger partial charge on any atom is 0.394 e. The third kappa shape index (κ3) is 2.61. The molecule has 74 valence electrons. The molecule has 0 aromatic heterocycles. The van der Waals surface area contributed by atoms with Gasteiger partial charge in [0, 0.05) is 5.02 Å². The van der Waals surface area contributed by atoms with Gasteiger partial charge in [-0.25, -0.2) is 4.79 Å². The maximum absolute atomic E-state index is 10.7. The van der Waals surface area contributed by atoms with Crippen LogP contribution in [-0.2, 0) is 9.59 Å². The second-order valence-electron chi connectivity index (χ2n) is 2.38. The van der Waals surface area contributed by atoms with E-state index in [0.717, 1.165) is 0 Å². The molecule has 0 radical (unpaired) electrons. The molecule has 2 N–H and O–H groups in total. The molecule has 6 heteroatoms. The van der Waals surface area contributed by atoms with E-state index in [-0.39, 0.29) is 10.7 Å². The number of carboxylic acids is 1. The first-order chi connectivity index (χ1) is 6.50. The maximum atomic E-state index is 10.7. The first kappa shape index (κ1) is 10.8. The summed E-state index contributed by atoms with van der Waals surface area (Å²) in [6.07, 6.45) is 0. The molecule has 0 aliphatic carbocycles. The van der Waals surface area contributed by atoms with Gasteiger partial charge in [0.1, 0.15) is 0 Å². The number of carboxylic acid groups (broad SMARTS) is 1. The van der Waals surface area contributed by atoms with Gasteiger partial charge in [-0.05, 0) is 18.2 Å². The van der Waals surface area contributed by atoms with Crippen LogP contribution < -0.4 is 5.32 Å². The van der Waals surface area contributed by atoms with Gasteiger partial charge in [-0.3, -0.25) is 4.79 Å². The fourth-order valence-corrected chi connectivity index (χ4v) is 1.22. The van der Waals surface area contributed by atoms with Gasteiger partial charge in [0.2, 0.25) is 0 Å². The monoisotopic (exact) mass is 233 g/mol. The van der Waals surface area contributed by atoms with Crippen LogP contribution in [0, 0.1) is 0 Å². The molecule has 14 heavy (non-hydrogen) atoms. The molecule has 0 atom stereocenters. The minimum atomic E-state index is -1.57. The summed E-state index contributed by atoms with van der Waals surface area (Å²) in [6, 6.07) is 4.32. The van der Waals surface area contributed by atoms with E-state index < -0.39 is 11.9 Å². The van der Waals surface area contributed by atoms with Gasteiger partial charge < -0.3 is 10.4 Å². The Morgan fingerprint density at radius 3 is 2.43 bits per heavy atom. The Morgan fingerprint density at radius 1 is 1.29 bits per heavy atom. The third-order valence-electron chi connectivity index (χ3n) is 1.37. The standard InChI is InChI=1S/C8H5Cl2NO3/c9-4-1-2-6(5(10)3-4)11-7(12)8(13)14/h1-3H,(H,11,12)(H,13,14). The highest BCUT2D eigenvalue weighted by molar-refractivity contribution is 6.40. The lowest BCUT2D eigenvalue weighted by Crippen LogP contribution is -2.21. The molecule has 0 aliphatic rings. The number of hydrogen-bond donors (Lipinski definition) is 2. The topological polar surface area (TPSA) is 66.4 Å². The Morgan fingerprint density at radius 2 is 1.93 bits per heavy atom. The molecule has 1 rings (SSSR count). The molecule has 0 fully saturated rings. The Labute approximate surface area is 89.4 Å². The summed E-state index contributed by atoms with van der Waals surface area (Å²) in [7, 11) is 0. The number of amides is 1. The molecule has 0 heterocycles. The highest BCUT2D eigenvalue weighted by Gasteiger charge is 2.12. The molecule has 0 bridgehead atoms. The Hall–Kier alpha value is -1.26. The minimum absolute atomic E-state index is 0.187. The number of hydrogen-bond acceptors (Lipinski definition) is 2. The average molecular weight is 234 g/mol. The van der Waals surface area contributed by atoms with E-state index in [9.17, 15) is 9.59 Å². The predicted molar refractivity (Wildman–Crippen MR) is 52.7 cm³/mol. The number of carbonyl (C=O) groups excluding carboxylic acids is 1. The number of rotatable bonds is 1. The highest BCUT2D eigenvalue weighted by Crippen LogP contribution is 2.25. The molecule has 0 aliphatic heterocycles. The second-order valence-corrected chi connectivity index (χ2v) is 3.23. The highest BCUT2D eigenvalue weighted by atomic mass is 35.5. The third-order valence-corrected chi connectivity index (χ3v) is 1.92. The zero-order valence-corrected chi connectivity index (χ0v) is 8.26. The lowest BCUT2D eigenvalue weighted by Gasteiger charge is -2.04. The minimum Gasteiger partial charge on any atom is -0.474 e. The van der Waals surface area contributed by atoms with E-state index >= 15 is 0 Å². The van der Waals surface area contributed by atoms with Crippen molar-refractivity contribution in [3.63, 3.8) is 0 Å². The van der Waals surface area contributed by atoms with E-state index in [0.29, 0.717) is 5.02 Å². The smallest absolute Gasteiger partial charge is 0.394 e. The Kier molecular flexibility index (Phi) is 3.33. The summed E-state index contributed by atoms with van der Waals surface area (Å²) in [4.78, 5) is 20.9. The van der Waals surface area contributed by atoms with Crippen molar-refractivity contribution < 1.29 is 14.7 Å². The van der Waals surface area contributed by atoms with Gasteiger partial charge in [0.25, 0.3) is 0 Å².